The van der Waals surface area contributed by atoms with Gasteiger partial charge in [-0.15, -0.1) is 6.42 Å². The fraction of sp³-hybridized carbons (Fsp3) is 0.308. The number of aliphatic imine (C=N–C) groups is 1. The number of ether oxygens (including phenoxy) is 1. The van der Waals surface area contributed by atoms with Crippen molar-refractivity contribution in [2.75, 3.05) is 6.61 Å². The van der Waals surface area contributed by atoms with E-state index >= 15 is 0 Å². The first-order valence-corrected chi connectivity index (χ1v) is 12.4. The molecule has 6 heteroatoms. The molecule has 1 amide bonds. The summed E-state index contributed by atoms with van der Waals surface area (Å²) < 4.78 is 6.61. The summed E-state index contributed by atoms with van der Waals surface area (Å²) in [6.45, 7) is 2.41. The smallest absolute Gasteiger partial charge is 0.267 e. The number of amides is 1. The number of rotatable bonds is 5. The van der Waals surface area contributed by atoms with Gasteiger partial charge < -0.3 is 4.74 Å². The molecule has 0 radical (unpaired) electrons. The Kier molecular flexibility index (Phi) is 7.39. The van der Waals surface area contributed by atoms with E-state index in [1.54, 1.807) is 0 Å². The molecule has 2 atom stereocenters. The van der Waals surface area contributed by atoms with Crippen LogP contribution in [0.25, 0.3) is 6.08 Å². The Balaban J connectivity index is 1.73. The normalized spacial score (nSPS) is 23.5. The quantitative estimate of drug-likeness (QED) is 0.335. The van der Waals surface area contributed by atoms with E-state index in [2.05, 4.69) is 28.8 Å². The highest BCUT2D eigenvalue weighted by molar-refractivity contribution is 9.10. The zero-order valence-electron chi connectivity index (χ0n) is 18.0. The molecule has 1 heterocycles. The molecule has 0 bridgehead atoms. The van der Waals surface area contributed by atoms with Crippen molar-refractivity contribution in [3.8, 4) is 18.1 Å². The number of carbonyl (C=O) groups excluding carboxylic acids is 1. The number of nitrogens with zero attached hydrogens (tertiary/aromatic N) is 2. The van der Waals surface area contributed by atoms with Gasteiger partial charge in [-0.05, 0) is 66.9 Å². The average molecular weight is 509 g/mol. The molecule has 4 rings (SSSR count). The zero-order chi connectivity index (χ0) is 22.5. The van der Waals surface area contributed by atoms with E-state index in [4.69, 9.17) is 16.2 Å². The average Bonchev–Trinajstić information content (AvgIpc) is 3.09. The molecule has 0 spiro atoms. The molecule has 1 aliphatic heterocycles. The van der Waals surface area contributed by atoms with Crippen molar-refractivity contribution < 1.29 is 9.53 Å². The van der Waals surface area contributed by atoms with Crippen LogP contribution in [-0.4, -0.2) is 28.6 Å². The lowest BCUT2D eigenvalue weighted by atomic mass is 9.85. The topological polar surface area (TPSA) is 41.9 Å². The van der Waals surface area contributed by atoms with Crippen molar-refractivity contribution in [3.05, 3.63) is 63.5 Å². The number of benzene rings is 2. The molecule has 4 nitrogen and oxygen atoms in total. The molecular weight excluding hydrogens is 484 g/mol. The first kappa shape index (κ1) is 22.7. The molecule has 1 aliphatic carbocycles. The standard InChI is InChI=1S/C26H25BrN2O2S/c1-3-15-31-23-14-13-20(27)16-19(23)17-24-25(30)29(22-12-8-7-9-18(22)2)26(32-24)28-21-10-5-4-6-11-21/h1,4-6,10-11,13-14,16-18,22H,7-9,12,15H2,2H3/b24-17-,28-26?/t18-,22-/m0/s1. The zero-order valence-corrected chi connectivity index (χ0v) is 20.4. The molecule has 2 aromatic rings. The van der Waals surface area contributed by atoms with Gasteiger partial charge in [0, 0.05) is 16.1 Å². The van der Waals surface area contributed by atoms with E-state index in [0.717, 1.165) is 40.2 Å². The van der Waals surface area contributed by atoms with Gasteiger partial charge in [0.1, 0.15) is 12.4 Å². The highest BCUT2D eigenvalue weighted by Crippen LogP contribution is 2.41. The maximum Gasteiger partial charge on any atom is 0.267 e. The van der Waals surface area contributed by atoms with Gasteiger partial charge in [0.25, 0.3) is 5.91 Å². The van der Waals surface area contributed by atoms with Crippen molar-refractivity contribution in [1.82, 2.24) is 4.90 Å². The Hall–Kier alpha value is -2.49. The molecule has 2 fully saturated rings. The maximum absolute atomic E-state index is 13.6. The van der Waals surface area contributed by atoms with E-state index in [-0.39, 0.29) is 18.6 Å². The van der Waals surface area contributed by atoms with Gasteiger partial charge in [-0.3, -0.25) is 9.69 Å². The third-order valence-corrected chi connectivity index (χ3v) is 7.26. The number of thioether (sulfide) groups is 1. The SMILES string of the molecule is C#CCOc1ccc(Br)cc1/C=C1\SC(=Nc2ccccc2)N([C@H]2CCCC[C@@H]2C)C1=O. The lowest BCUT2D eigenvalue weighted by Gasteiger charge is -2.35. The Morgan fingerprint density at radius 1 is 1.25 bits per heavy atom. The van der Waals surface area contributed by atoms with E-state index < -0.39 is 0 Å². The van der Waals surface area contributed by atoms with Gasteiger partial charge >= 0.3 is 0 Å². The molecule has 1 saturated carbocycles. The van der Waals surface area contributed by atoms with Crippen LogP contribution < -0.4 is 4.74 Å². The number of para-hydroxylation sites is 1. The summed E-state index contributed by atoms with van der Waals surface area (Å²) in [6, 6.07) is 15.7. The van der Waals surface area contributed by atoms with Crippen LogP contribution in [0.5, 0.6) is 5.75 Å². The van der Waals surface area contributed by atoms with Crippen LogP contribution in [0.1, 0.15) is 38.2 Å². The summed E-state index contributed by atoms with van der Waals surface area (Å²) >= 11 is 4.94. The van der Waals surface area contributed by atoms with Crippen molar-refractivity contribution >= 4 is 50.5 Å². The van der Waals surface area contributed by atoms with Crippen molar-refractivity contribution in [1.29, 1.82) is 0 Å². The second-order valence-electron chi connectivity index (χ2n) is 8.02. The number of hydrogen-bond acceptors (Lipinski definition) is 4. The van der Waals surface area contributed by atoms with Gasteiger partial charge in [0.2, 0.25) is 0 Å². The van der Waals surface area contributed by atoms with Crippen molar-refractivity contribution in [2.24, 2.45) is 10.9 Å². The third-order valence-electron chi connectivity index (χ3n) is 5.79. The van der Waals surface area contributed by atoms with Crippen LogP contribution in [0.15, 0.2) is 62.9 Å². The lowest BCUT2D eigenvalue weighted by molar-refractivity contribution is -0.124. The number of terminal acetylenes is 1. The van der Waals surface area contributed by atoms with Crippen LogP contribution in [-0.2, 0) is 4.79 Å². The molecule has 164 valence electrons. The second-order valence-corrected chi connectivity index (χ2v) is 9.94. The minimum atomic E-state index is 0.00584. The summed E-state index contributed by atoms with van der Waals surface area (Å²) in [5.74, 6) is 3.59. The van der Waals surface area contributed by atoms with Gasteiger partial charge in [0.05, 0.1) is 10.6 Å². The number of amidine groups is 1. The van der Waals surface area contributed by atoms with Gasteiger partial charge in [0.15, 0.2) is 5.17 Å². The van der Waals surface area contributed by atoms with Crippen molar-refractivity contribution in [3.63, 3.8) is 0 Å². The highest BCUT2D eigenvalue weighted by Gasteiger charge is 2.41. The maximum atomic E-state index is 13.6. The molecule has 0 aromatic heterocycles. The fourth-order valence-corrected chi connectivity index (χ4v) is 5.59. The largest absolute Gasteiger partial charge is 0.480 e. The van der Waals surface area contributed by atoms with Gasteiger partial charge in [-0.2, -0.15) is 0 Å². The summed E-state index contributed by atoms with van der Waals surface area (Å²) in [4.78, 5) is 21.1. The predicted molar refractivity (Wildman–Crippen MR) is 136 cm³/mol. The molecule has 0 N–H and O–H groups in total. The Labute approximate surface area is 202 Å². The van der Waals surface area contributed by atoms with Crippen LogP contribution in [0.4, 0.5) is 5.69 Å². The van der Waals surface area contributed by atoms with Crippen LogP contribution in [0.3, 0.4) is 0 Å². The first-order valence-electron chi connectivity index (χ1n) is 10.8. The minimum Gasteiger partial charge on any atom is -0.480 e. The molecule has 0 unspecified atom stereocenters. The molecule has 2 aliphatic rings. The Morgan fingerprint density at radius 2 is 2.03 bits per heavy atom. The second kappa shape index (κ2) is 10.4. The third kappa shape index (κ3) is 5.11. The van der Waals surface area contributed by atoms with Crippen LogP contribution in [0, 0.1) is 18.3 Å². The van der Waals surface area contributed by atoms with Crippen LogP contribution in [0.2, 0.25) is 0 Å². The van der Waals surface area contributed by atoms with Gasteiger partial charge in [-0.25, -0.2) is 4.99 Å². The molecule has 2 aromatic carbocycles. The number of halogens is 1. The van der Waals surface area contributed by atoms with Crippen LogP contribution >= 0.6 is 27.7 Å². The van der Waals surface area contributed by atoms with E-state index in [0.29, 0.717) is 16.6 Å². The minimum absolute atomic E-state index is 0.00584. The highest BCUT2D eigenvalue weighted by atomic mass is 79.9. The summed E-state index contributed by atoms with van der Waals surface area (Å²) in [5, 5.41) is 0.743. The fourth-order valence-electron chi connectivity index (χ4n) is 4.17. The number of carbonyl (C=O) groups is 1. The predicted octanol–water partition coefficient (Wildman–Crippen LogP) is 6.64. The molecule has 32 heavy (non-hydrogen) atoms. The van der Waals surface area contributed by atoms with Gasteiger partial charge in [-0.1, -0.05) is 59.8 Å². The molecular formula is C26H25BrN2O2S. The monoisotopic (exact) mass is 508 g/mol. The first-order chi connectivity index (χ1) is 15.6. The lowest BCUT2D eigenvalue weighted by Crippen LogP contribution is -2.44. The van der Waals surface area contributed by atoms with Crippen molar-refractivity contribution in [2.45, 2.75) is 38.6 Å². The Morgan fingerprint density at radius 3 is 2.78 bits per heavy atom. The summed E-state index contributed by atoms with van der Waals surface area (Å²) in [5.41, 5.74) is 1.65. The summed E-state index contributed by atoms with van der Waals surface area (Å²) in [6.07, 6.45) is 11.7. The Bertz CT molecular complexity index is 1090. The van der Waals surface area contributed by atoms with E-state index in [1.807, 2.05) is 59.5 Å². The number of hydrogen-bond donors (Lipinski definition) is 0. The van der Waals surface area contributed by atoms with E-state index in [9.17, 15) is 4.79 Å². The molecule has 1 saturated heterocycles. The van der Waals surface area contributed by atoms with E-state index in [1.165, 1.54) is 18.2 Å². The summed E-state index contributed by atoms with van der Waals surface area (Å²) in [7, 11) is 0.